The molecule has 10 heteroatoms. The average molecular weight is 446 g/mol. The van der Waals surface area contributed by atoms with Crippen LogP contribution in [0.4, 0.5) is 8.78 Å². The molecule has 0 bridgehead atoms. The van der Waals surface area contributed by atoms with Gasteiger partial charge >= 0.3 is 0 Å². The second kappa shape index (κ2) is 8.23. The summed E-state index contributed by atoms with van der Waals surface area (Å²) in [6, 6.07) is 13.1. The third-order valence-electron chi connectivity index (χ3n) is 4.92. The van der Waals surface area contributed by atoms with Crippen LogP contribution in [0.25, 0.3) is 34.1 Å². The molecule has 0 aliphatic rings. The Labute approximate surface area is 185 Å². The lowest BCUT2D eigenvalue weighted by molar-refractivity contribution is 0.432. The van der Waals surface area contributed by atoms with Gasteiger partial charge in [0.25, 0.3) is 11.4 Å². The summed E-state index contributed by atoms with van der Waals surface area (Å²) in [7, 11) is 1.79. The van der Waals surface area contributed by atoms with Crippen molar-refractivity contribution >= 4 is 0 Å². The van der Waals surface area contributed by atoms with Crippen LogP contribution in [0.5, 0.6) is 0 Å². The van der Waals surface area contributed by atoms with E-state index in [4.69, 9.17) is 4.52 Å². The summed E-state index contributed by atoms with van der Waals surface area (Å²) >= 11 is 0. The van der Waals surface area contributed by atoms with Gasteiger partial charge in [0.2, 0.25) is 5.82 Å². The van der Waals surface area contributed by atoms with Crippen molar-refractivity contribution in [3.63, 3.8) is 0 Å². The number of hydrogen-bond acceptors (Lipinski definition) is 6. The average Bonchev–Trinajstić information content (AvgIpc) is 3.44. The third-order valence-corrected chi connectivity index (χ3v) is 4.92. The summed E-state index contributed by atoms with van der Waals surface area (Å²) in [5.74, 6) is -0.706. The fourth-order valence-electron chi connectivity index (χ4n) is 3.39. The molecule has 0 aliphatic carbocycles. The summed E-state index contributed by atoms with van der Waals surface area (Å²) in [4.78, 5) is 16.8. The lowest BCUT2D eigenvalue weighted by atomic mass is 10.1. The predicted molar refractivity (Wildman–Crippen MR) is 115 cm³/mol. The smallest absolute Gasteiger partial charge is 0.267 e. The summed E-state index contributed by atoms with van der Waals surface area (Å²) in [5.41, 5.74) is 2.33. The van der Waals surface area contributed by atoms with Gasteiger partial charge in [-0.25, -0.2) is 13.5 Å². The molecule has 5 rings (SSSR count). The van der Waals surface area contributed by atoms with E-state index in [1.165, 1.54) is 16.8 Å². The number of hydrogen-bond donors (Lipinski definition) is 0. The van der Waals surface area contributed by atoms with E-state index in [0.717, 1.165) is 23.8 Å². The minimum absolute atomic E-state index is 0.144. The van der Waals surface area contributed by atoms with Crippen molar-refractivity contribution < 1.29 is 13.3 Å². The molecule has 0 aliphatic heterocycles. The van der Waals surface area contributed by atoms with Crippen LogP contribution in [0.1, 0.15) is 5.56 Å². The first-order valence-electron chi connectivity index (χ1n) is 9.91. The second-order valence-electron chi connectivity index (χ2n) is 7.40. The topological polar surface area (TPSA) is 91.6 Å². The maximum Gasteiger partial charge on any atom is 0.267 e. The van der Waals surface area contributed by atoms with Crippen molar-refractivity contribution in [1.82, 2.24) is 29.7 Å². The largest absolute Gasteiger partial charge is 0.333 e. The molecule has 0 unspecified atom stereocenters. The molecule has 0 atom stereocenters. The highest BCUT2D eigenvalue weighted by molar-refractivity contribution is 5.60. The van der Waals surface area contributed by atoms with E-state index in [1.807, 2.05) is 24.3 Å². The molecule has 0 spiro atoms. The van der Waals surface area contributed by atoms with Gasteiger partial charge in [-0.15, -0.1) is 0 Å². The first kappa shape index (κ1) is 20.4. The van der Waals surface area contributed by atoms with Gasteiger partial charge < -0.3 is 4.52 Å². The van der Waals surface area contributed by atoms with Crippen molar-refractivity contribution in [2.45, 2.75) is 6.54 Å². The molecule has 0 N–H and O–H groups in total. The van der Waals surface area contributed by atoms with E-state index in [2.05, 4.69) is 20.3 Å². The molecule has 2 aromatic carbocycles. The van der Waals surface area contributed by atoms with E-state index in [1.54, 1.807) is 24.1 Å². The van der Waals surface area contributed by atoms with Crippen molar-refractivity contribution in [2.24, 2.45) is 7.05 Å². The number of halogens is 2. The number of rotatable bonds is 5. The summed E-state index contributed by atoms with van der Waals surface area (Å²) in [5, 5.41) is 12.4. The molecule has 5 aromatic rings. The maximum absolute atomic E-state index is 13.6. The van der Waals surface area contributed by atoms with Gasteiger partial charge in [-0.3, -0.25) is 9.48 Å². The van der Waals surface area contributed by atoms with Crippen LogP contribution >= 0.6 is 0 Å². The molecule has 8 nitrogen and oxygen atoms in total. The van der Waals surface area contributed by atoms with Gasteiger partial charge in [-0.1, -0.05) is 23.4 Å². The predicted octanol–water partition coefficient (Wildman–Crippen LogP) is 3.69. The van der Waals surface area contributed by atoms with Crippen molar-refractivity contribution in [3.8, 4) is 34.1 Å². The van der Waals surface area contributed by atoms with Crippen LogP contribution in [0, 0.1) is 11.6 Å². The Hall–Kier alpha value is -4.47. The molecule has 0 amide bonds. The zero-order chi connectivity index (χ0) is 22.9. The highest BCUT2D eigenvalue weighted by Crippen LogP contribution is 2.23. The van der Waals surface area contributed by atoms with Crippen molar-refractivity contribution in [2.75, 3.05) is 0 Å². The highest BCUT2D eigenvalue weighted by atomic mass is 19.1. The lowest BCUT2D eigenvalue weighted by Gasteiger charge is -2.08. The molecule has 0 radical (unpaired) electrons. The Morgan fingerprint density at radius 1 is 0.970 bits per heavy atom. The van der Waals surface area contributed by atoms with E-state index >= 15 is 0 Å². The highest BCUT2D eigenvalue weighted by Gasteiger charge is 2.13. The van der Waals surface area contributed by atoms with Gasteiger partial charge in [0.1, 0.15) is 11.6 Å². The third kappa shape index (κ3) is 4.31. The first-order valence-corrected chi connectivity index (χ1v) is 9.91. The van der Waals surface area contributed by atoms with Crippen LogP contribution in [-0.4, -0.2) is 29.7 Å². The van der Waals surface area contributed by atoms with Gasteiger partial charge in [0.15, 0.2) is 0 Å². The maximum atomic E-state index is 13.6. The van der Waals surface area contributed by atoms with Crippen LogP contribution < -0.4 is 5.56 Å². The fourth-order valence-corrected chi connectivity index (χ4v) is 3.39. The number of aryl methyl sites for hydroxylation is 1. The van der Waals surface area contributed by atoms with Gasteiger partial charge in [0.05, 0.1) is 24.0 Å². The van der Waals surface area contributed by atoms with Gasteiger partial charge in [-0.2, -0.15) is 15.2 Å². The van der Waals surface area contributed by atoms with Crippen LogP contribution in [0.15, 0.2) is 76.3 Å². The monoisotopic (exact) mass is 446 g/mol. The molecule has 164 valence electrons. The number of benzene rings is 2. The zero-order valence-corrected chi connectivity index (χ0v) is 17.3. The molecule has 0 saturated heterocycles. The summed E-state index contributed by atoms with van der Waals surface area (Å²) in [6.07, 6.45) is 3.40. The zero-order valence-electron chi connectivity index (χ0n) is 17.3. The molecule has 0 fully saturated rings. The van der Waals surface area contributed by atoms with E-state index < -0.39 is 11.6 Å². The van der Waals surface area contributed by atoms with Crippen LogP contribution in [-0.2, 0) is 13.6 Å². The Kier molecular flexibility index (Phi) is 5.09. The molecular weight excluding hydrogens is 430 g/mol. The van der Waals surface area contributed by atoms with Crippen LogP contribution in [0.3, 0.4) is 0 Å². The second-order valence-corrected chi connectivity index (χ2v) is 7.40. The van der Waals surface area contributed by atoms with E-state index in [9.17, 15) is 13.6 Å². The standard InChI is InChI=1S/C23H16F2N6O2/c1-30-13-17(11-26-30)23-27-22(29-33-23)15-4-2-3-14(7-15)12-31-21(32)6-5-20(28-31)16-8-18(24)10-19(25)9-16/h2-11,13H,12H2,1H3. The van der Waals surface area contributed by atoms with Crippen molar-refractivity contribution in [3.05, 3.63) is 94.5 Å². The van der Waals surface area contributed by atoms with Crippen LogP contribution in [0.2, 0.25) is 0 Å². The first-order chi connectivity index (χ1) is 15.9. The summed E-state index contributed by atoms with van der Waals surface area (Å²) < 4.78 is 35.4. The summed E-state index contributed by atoms with van der Waals surface area (Å²) in [6.45, 7) is 0.144. The normalized spacial score (nSPS) is 11.1. The Bertz CT molecular complexity index is 1500. The van der Waals surface area contributed by atoms with Crippen molar-refractivity contribution in [1.29, 1.82) is 0 Å². The molecule has 3 aromatic heterocycles. The van der Waals surface area contributed by atoms with E-state index in [-0.39, 0.29) is 23.4 Å². The molecular formula is C23H16F2N6O2. The Balaban J connectivity index is 1.43. The van der Waals surface area contributed by atoms with Gasteiger partial charge in [0, 0.05) is 36.5 Å². The SMILES string of the molecule is Cn1cc(-c2nc(-c3cccc(Cn4nc(-c5cc(F)cc(F)c5)ccc4=O)c3)no2)cn1. The molecule has 3 heterocycles. The molecule has 33 heavy (non-hydrogen) atoms. The fraction of sp³-hybridized carbons (Fsp3) is 0.0870. The number of nitrogens with zero attached hydrogens (tertiary/aromatic N) is 6. The van der Waals surface area contributed by atoms with Gasteiger partial charge in [-0.05, 0) is 29.8 Å². The molecule has 0 saturated carbocycles. The minimum atomic E-state index is -0.719. The quantitative estimate of drug-likeness (QED) is 0.409. The number of aromatic nitrogens is 6. The Morgan fingerprint density at radius 2 is 1.79 bits per heavy atom. The van der Waals surface area contributed by atoms with E-state index in [0.29, 0.717) is 22.8 Å². The Morgan fingerprint density at radius 3 is 2.55 bits per heavy atom. The lowest BCUT2D eigenvalue weighted by Crippen LogP contribution is -2.22. The minimum Gasteiger partial charge on any atom is -0.333 e.